The van der Waals surface area contributed by atoms with Crippen molar-refractivity contribution in [1.82, 2.24) is 23.9 Å². The third-order valence-corrected chi connectivity index (χ3v) is 5.46. The highest BCUT2D eigenvalue weighted by molar-refractivity contribution is 7.14. The second-order valence-corrected chi connectivity index (χ2v) is 8.02. The van der Waals surface area contributed by atoms with E-state index in [9.17, 15) is 8.94 Å². The van der Waals surface area contributed by atoms with Crippen molar-refractivity contribution in [2.45, 2.75) is 19.5 Å². The molecule has 0 saturated heterocycles. The lowest BCUT2D eigenvalue weighted by atomic mass is 10.2. The highest BCUT2D eigenvalue weighted by Gasteiger charge is 2.16. The van der Waals surface area contributed by atoms with Gasteiger partial charge < -0.3 is 20.1 Å². The van der Waals surface area contributed by atoms with Crippen molar-refractivity contribution in [2.24, 2.45) is 0 Å². The average molecular weight is 467 g/mol. The molecule has 0 aliphatic carbocycles. The Morgan fingerprint density at radius 3 is 2.48 bits per heavy atom. The molecule has 0 bridgehead atoms. The van der Waals surface area contributed by atoms with E-state index in [4.69, 9.17) is 0 Å². The van der Waals surface area contributed by atoms with Crippen LogP contribution in [0.15, 0.2) is 67.0 Å². The summed E-state index contributed by atoms with van der Waals surface area (Å²) in [6.45, 7) is 2.30. The second-order valence-electron chi connectivity index (χ2n) is 7.20. The van der Waals surface area contributed by atoms with E-state index in [2.05, 4.69) is 39.5 Å². The third kappa shape index (κ3) is 6.64. The third-order valence-electron chi connectivity index (χ3n) is 4.78. The average Bonchev–Trinajstić information content (AvgIpc) is 3.21. The first-order chi connectivity index (χ1) is 16.2. The van der Waals surface area contributed by atoms with Crippen LogP contribution >= 0.6 is 11.1 Å². The number of benzene rings is 1. The van der Waals surface area contributed by atoms with Crippen molar-refractivity contribution in [3.05, 3.63) is 84.1 Å². The molecule has 9 nitrogen and oxygen atoms in total. The first-order valence-corrected chi connectivity index (χ1v) is 11.5. The molecule has 0 aliphatic heterocycles. The highest BCUT2D eigenvalue weighted by Crippen LogP contribution is 2.23. The number of halogens is 1. The zero-order valence-electron chi connectivity index (χ0n) is 17.8. The van der Waals surface area contributed by atoms with Gasteiger partial charge in [0.2, 0.25) is 11.6 Å². The summed E-state index contributed by atoms with van der Waals surface area (Å²) in [7, 11) is 0. The molecule has 3 heterocycles. The maximum Gasteiger partial charge on any atom is 0.233 e. The second kappa shape index (κ2) is 11.2. The predicted molar refractivity (Wildman–Crippen MR) is 125 cm³/mol. The van der Waals surface area contributed by atoms with Crippen LogP contribution in [-0.4, -0.2) is 41.6 Å². The van der Waals surface area contributed by atoms with E-state index in [1.807, 2.05) is 24.3 Å². The SMILES string of the molecule is [O-][s+]1nc(NCCCN(Cc2ccc(F)cc2)c2ccccn2)c(NCc2cccnn2)n1. The van der Waals surface area contributed by atoms with Crippen molar-refractivity contribution in [3.63, 3.8) is 0 Å². The van der Waals surface area contributed by atoms with Gasteiger partial charge in [-0.15, -0.1) is 0 Å². The summed E-state index contributed by atoms with van der Waals surface area (Å²) >= 11 is -1.65. The monoisotopic (exact) mass is 466 g/mol. The Kier molecular flexibility index (Phi) is 7.67. The number of rotatable bonds is 11. The zero-order chi connectivity index (χ0) is 22.9. The van der Waals surface area contributed by atoms with Crippen molar-refractivity contribution in [3.8, 4) is 0 Å². The van der Waals surface area contributed by atoms with Gasteiger partial charge in [0.05, 0.1) is 12.2 Å². The summed E-state index contributed by atoms with van der Waals surface area (Å²) in [5.74, 6) is 1.48. The summed E-state index contributed by atoms with van der Waals surface area (Å²) in [6, 6.07) is 15.9. The minimum Gasteiger partial charge on any atom is -0.546 e. The van der Waals surface area contributed by atoms with Crippen LogP contribution in [0.3, 0.4) is 0 Å². The van der Waals surface area contributed by atoms with Gasteiger partial charge in [0.1, 0.15) is 11.6 Å². The number of nitrogens with one attached hydrogen (secondary N) is 2. The topological polar surface area (TPSA) is 115 Å². The smallest absolute Gasteiger partial charge is 0.233 e. The van der Waals surface area contributed by atoms with Gasteiger partial charge in [-0.05, 0) is 48.4 Å². The van der Waals surface area contributed by atoms with Crippen molar-refractivity contribution in [1.29, 1.82) is 0 Å². The van der Waals surface area contributed by atoms with Crippen molar-refractivity contribution >= 4 is 28.6 Å². The van der Waals surface area contributed by atoms with Gasteiger partial charge in [0.15, 0.2) is 11.1 Å². The van der Waals surface area contributed by atoms with E-state index in [0.29, 0.717) is 37.8 Å². The van der Waals surface area contributed by atoms with E-state index in [1.165, 1.54) is 12.1 Å². The summed E-state index contributed by atoms with van der Waals surface area (Å²) < 4.78 is 33.1. The lowest BCUT2D eigenvalue weighted by Gasteiger charge is -2.24. The summed E-state index contributed by atoms with van der Waals surface area (Å²) in [4.78, 5) is 6.58. The van der Waals surface area contributed by atoms with Gasteiger partial charge >= 0.3 is 0 Å². The van der Waals surface area contributed by atoms with Crippen LogP contribution in [-0.2, 0) is 13.1 Å². The Morgan fingerprint density at radius 2 is 1.76 bits per heavy atom. The van der Waals surface area contributed by atoms with E-state index in [-0.39, 0.29) is 5.82 Å². The van der Waals surface area contributed by atoms with E-state index in [1.54, 1.807) is 30.6 Å². The molecule has 0 fully saturated rings. The first-order valence-electron chi connectivity index (χ1n) is 10.4. The fraction of sp³-hybridized carbons (Fsp3) is 0.227. The molecule has 1 atom stereocenters. The lowest BCUT2D eigenvalue weighted by Crippen LogP contribution is -2.26. The molecule has 33 heavy (non-hydrogen) atoms. The molecule has 0 spiro atoms. The molecule has 0 radical (unpaired) electrons. The standard InChI is InChI=1S/C22H23FN8OS/c23-18-9-7-17(8-10-18)16-31(20-6-1-2-11-24-20)14-4-12-25-21-22(30-33(32)29-21)26-15-19-5-3-13-27-28-19/h1-3,5-11,13H,4,12,14-16H2,(H,25,29)(H,26,30). The summed E-state index contributed by atoms with van der Waals surface area (Å²) in [5, 5.41) is 14.2. The molecule has 0 saturated carbocycles. The molecule has 2 N–H and O–H groups in total. The number of hydrogen-bond donors (Lipinski definition) is 2. The lowest BCUT2D eigenvalue weighted by molar-refractivity contribution is 0.585. The van der Waals surface area contributed by atoms with Crippen LogP contribution < -0.4 is 15.5 Å². The van der Waals surface area contributed by atoms with Crippen LogP contribution in [0.5, 0.6) is 0 Å². The largest absolute Gasteiger partial charge is 0.546 e. The molecule has 3 aromatic heterocycles. The fourth-order valence-electron chi connectivity index (χ4n) is 3.20. The van der Waals surface area contributed by atoms with Crippen LogP contribution in [0.2, 0.25) is 0 Å². The minimum atomic E-state index is -1.65. The van der Waals surface area contributed by atoms with Gasteiger partial charge in [-0.1, -0.05) is 18.2 Å². The minimum absolute atomic E-state index is 0.257. The Bertz CT molecular complexity index is 1130. The predicted octanol–water partition coefficient (Wildman–Crippen LogP) is 3.65. The molecular formula is C22H23FN8OS. The first kappa shape index (κ1) is 22.5. The van der Waals surface area contributed by atoms with E-state index < -0.39 is 11.1 Å². The molecule has 4 rings (SSSR count). The number of aromatic nitrogens is 5. The number of anilines is 3. The summed E-state index contributed by atoms with van der Waals surface area (Å²) in [6.07, 6.45) is 4.12. The maximum atomic E-state index is 13.3. The van der Waals surface area contributed by atoms with Crippen molar-refractivity contribution < 1.29 is 8.94 Å². The Hall–Kier alpha value is -3.70. The van der Waals surface area contributed by atoms with E-state index in [0.717, 1.165) is 23.5 Å². The Morgan fingerprint density at radius 1 is 0.939 bits per heavy atom. The van der Waals surface area contributed by atoms with Gasteiger partial charge in [0, 0.05) is 40.8 Å². The Labute approximate surface area is 193 Å². The van der Waals surface area contributed by atoms with Crippen LogP contribution in [0.1, 0.15) is 17.7 Å². The molecule has 1 aromatic carbocycles. The molecule has 0 amide bonds. The van der Waals surface area contributed by atoms with Gasteiger partial charge in [-0.3, -0.25) is 0 Å². The molecule has 170 valence electrons. The van der Waals surface area contributed by atoms with E-state index >= 15 is 0 Å². The highest BCUT2D eigenvalue weighted by atomic mass is 32.2. The number of nitrogens with zero attached hydrogens (tertiary/aromatic N) is 6. The zero-order valence-corrected chi connectivity index (χ0v) is 18.6. The molecule has 4 aromatic rings. The quantitative estimate of drug-likeness (QED) is 0.252. The number of hydrogen-bond acceptors (Lipinski definition) is 9. The Balaban J connectivity index is 1.33. The fourth-order valence-corrected chi connectivity index (χ4v) is 3.85. The number of pyridine rings is 1. The van der Waals surface area contributed by atoms with Crippen LogP contribution in [0.25, 0.3) is 0 Å². The normalized spacial score (nSPS) is 11.3. The van der Waals surface area contributed by atoms with Gasteiger partial charge in [-0.2, -0.15) is 10.2 Å². The molecule has 11 heteroatoms. The molecular weight excluding hydrogens is 443 g/mol. The van der Waals surface area contributed by atoms with Crippen molar-refractivity contribution in [2.75, 3.05) is 28.6 Å². The maximum absolute atomic E-state index is 13.3. The molecule has 0 aliphatic rings. The van der Waals surface area contributed by atoms with Crippen LogP contribution in [0.4, 0.5) is 21.8 Å². The molecule has 1 unspecified atom stereocenters. The summed E-state index contributed by atoms with van der Waals surface area (Å²) in [5.41, 5.74) is 1.73. The van der Waals surface area contributed by atoms with Gasteiger partial charge in [0.25, 0.3) is 0 Å². The van der Waals surface area contributed by atoms with Gasteiger partial charge in [-0.25, -0.2) is 9.37 Å². The van der Waals surface area contributed by atoms with Crippen LogP contribution in [0, 0.1) is 5.82 Å².